The number of carboxylic acids is 1. The second-order valence-corrected chi connectivity index (χ2v) is 4.92. The van der Waals surface area contributed by atoms with Gasteiger partial charge in [-0.05, 0) is 35.9 Å². The van der Waals surface area contributed by atoms with Crippen LogP contribution in [0.3, 0.4) is 0 Å². The van der Waals surface area contributed by atoms with E-state index < -0.39 is 5.97 Å². The van der Waals surface area contributed by atoms with Crippen LogP contribution in [0.1, 0.15) is 11.3 Å². The van der Waals surface area contributed by atoms with Crippen LogP contribution in [-0.4, -0.2) is 16.1 Å². The largest absolute Gasteiger partial charge is 0.489 e. The maximum absolute atomic E-state index is 10.5. The predicted molar refractivity (Wildman–Crippen MR) is 85.7 cm³/mol. The van der Waals surface area contributed by atoms with Crippen molar-refractivity contribution in [3.63, 3.8) is 0 Å². The summed E-state index contributed by atoms with van der Waals surface area (Å²) >= 11 is 0. The highest BCUT2D eigenvalue weighted by atomic mass is 16.5. The van der Waals surface area contributed by atoms with Gasteiger partial charge in [0.2, 0.25) is 0 Å². The molecule has 110 valence electrons. The highest BCUT2D eigenvalue weighted by Crippen LogP contribution is 2.23. The average molecular weight is 293 g/mol. The van der Waals surface area contributed by atoms with Crippen LogP contribution >= 0.6 is 0 Å². The predicted octanol–water partition coefficient (Wildman–Crippen LogP) is 3.84. The summed E-state index contributed by atoms with van der Waals surface area (Å²) in [7, 11) is 0. The molecule has 0 bridgehead atoms. The van der Waals surface area contributed by atoms with E-state index in [4.69, 9.17) is 9.84 Å². The third-order valence-corrected chi connectivity index (χ3v) is 3.27. The van der Waals surface area contributed by atoms with Gasteiger partial charge in [0, 0.05) is 22.7 Å². The molecule has 0 aliphatic heterocycles. The van der Waals surface area contributed by atoms with Gasteiger partial charge in [-0.15, -0.1) is 0 Å². The lowest BCUT2D eigenvalue weighted by molar-refractivity contribution is -0.131. The number of ether oxygens (including phenoxy) is 1. The molecular formula is C18H15NO3. The summed E-state index contributed by atoms with van der Waals surface area (Å²) in [5.74, 6) is -0.186. The second kappa shape index (κ2) is 6.18. The molecule has 4 nitrogen and oxygen atoms in total. The lowest BCUT2D eigenvalue weighted by Crippen LogP contribution is -1.94. The first kappa shape index (κ1) is 13.9. The number of rotatable bonds is 5. The van der Waals surface area contributed by atoms with E-state index >= 15 is 0 Å². The summed E-state index contributed by atoms with van der Waals surface area (Å²) in [4.78, 5) is 13.7. The zero-order valence-corrected chi connectivity index (χ0v) is 11.8. The number of aromatic amines is 1. The van der Waals surface area contributed by atoms with Crippen LogP contribution in [0.25, 0.3) is 17.0 Å². The summed E-state index contributed by atoms with van der Waals surface area (Å²) < 4.78 is 5.78. The maximum atomic E-state index is 10.5. The molecule has 3 rings (SSSR count). The fraction of sp³-hybridized carbons (Fsp3) is 0.0556. The molecule has 2 aromatic carbocycles. The van der Waals surface area contributed by atoms with Gasteiger partial charge in [-0.3, -0.25) is 0 Å². The van der Waals surface area contributed by atoms with Gasteiger partial charge in [0.05, 0.1) is 0 Å². The number of H-pyrrole nitrogens is 1. The topological polar surface area (TPSA) is 62.3 Å². The zero-order chi connectivity index (χ0) is 15.4. The minimum Gasteiger partial charge on any atom is -0.489 e. The fourth-order valence-electron chi connectivity index (χ4n) is 2.21. The summed E-state index contributed by atoms with van der Waals surface area (Å²) in [5, 5.41) is 9.63. The molecule has 1 heterocycles. The van der Waals surface area contributed by atoms with E-state index in [9.17, 15) is 4.79 Å². The normalized spacial score (nSPS) is 11.1. The Hall–Kier alpha value is -3.01. The van der Waals surface area contributed by atoms with Crippen LogP contribution in [0.4, 0.5) is 0 Å². The average Bonchev–Trinajstić information content (AvgIpc) is 2.94. The van der Waals surface area contributed by atoms with Gasteiger partial charge in [-0.25, -0.2) is 4.79 Å². The first-order valence-corrected chi connectivity index (χ1v) is 6.91. The van der Waals surface area contributed by atoms with E-state index in [1.807, 2.05) is 54.6 Å². The third-order valence-electron chi connectivity index (χ3n) is 3.27. The molecule has 0 atom stereocenters. The summed E-state index contributed by atoms with van der Waals surface area (Å²) in [6, 6.07) is 17.6. The smallest absolute Gasteiger partial charge is 0.328 e. The number of hydrogen-bond acceptors (Lipinski definition) is 2. The molecule has 0 fully saturated rings. The first-order chi connectivity index (χ1) is 10.7. The van der Waals surface area contributed by atoms with E-state index in [1.165, 1.54) is 6.08 Å². The van der Waals surface area contributed by atoms with E-state index in [0.717, 1.165) is 34.0 Å². The molecular weight excluding hydrogens is 278 g/mol. The summed E-state index contributed by atoms with van der Waals surface area (Å²) in [6.07, 6.45) is 2.64. The minimum atomic E-state index is -0.967. The highest BCUT2D eigenvalue weighted by molar-refractivity contribution is 5.88. The van der Waals surface area contributed by atoms with Crippen LogP contribution < -0.4 is 4.74 Å². The molecule has 0 radical (unpaired) electrons. The lowest BCUT2D eigenvalue weighted by atomic mass is 10.2. The number of aliphatic carboxylic acids is 1. The SMILES string of the molecule is O=C(O)/C=C/c1cc2cc(OCc3ccccc3)ccc2[nH]1. The molecule has 0 amide bonds. The maximum Gasteiger partial charge on any atom is 0.328 e. The van der Waals surface area contributed by atoms with E-state index in [-0.39, 0.29) is 0 Å². The molecule has 0 aliphatic rings. The summed E-state index contributed by atoms with van der Waals surface area (Å²) in [6.45, 7) is 0.516. The Morgan fingerprint density at radius 2 is 1.95 bits per heavy atom. The number of nitrogens with one attached hydrogen (secondary N) is 1. The molecule has 0 saturated heterocycles. The Bertz CT molecular complexity index is 819. The molecule has 0 aliphatic carbocycles. The molecule has 4 heteroatoms. The van der Waals surface area contributed by atoms with Gasteiger partial charge in [0.15, 0.2) is 0 Å². The lowest BCUT2D eigenvalue weighted by Gasteiger charge is -2.06. The number of aromatic nitrogens is 1. The molecule has 22 heavy (non-hydrogen) atoms. The molecule has 0 unspecified atom stereocenters. The Labute approximate surface area is 127 Å². The van der Waals surface area contributed by atoms with Crippen molar-refractivity contribution < 1.29 is 14.6 Å². The monoisotopic (exact) mass is 293 g/mol. The van der Waals surface area contributed by atoms with Gasteiger partial charge in [-0.2, -0.15) is 0 Å². The van der Waals surface area contributed by atoms with Gasteiger partial charge < -0.3 is 14.8 Å². The number of carboxylic acid groups (broad SMARTS) is 1. The number of fused-ring (bicyclic) bond motifs is 1. The second-order valence-electron chi connectivity index (χ2n) is 4.92. The van der Waals surface area contributed by atoms with Crippen LogP contribution in [0.2, 0.25) is 0 Å². The Morgan fingerprint density at radius 3 is 2.73 bits per heavy atom. The molecule has 1 aromatic heterocycles. The van der Waals surface area contributed by atoms with Crippen molar-refractivity contribution in [2.24, 2.45) is 0 Å². The van der Waals surface area contributed by atoms with Crippen molar-refractivity contribution >= 4 is 22.9 Å². The zero-order valence-electron chi connectivity index (χ0n) is 11.8. The fourth-order valence-corrected chi connectivity index (χ4v) is 2.21. The van der Waals surface area contributed by atoms with Crippen LogP contribution in [0.15, 0.2) is 60.7 Å². The van der Waals surface area contributed by atoms with Crippen molar-refractivity contribution in [2.75, 3.05) is 0 Å². The van der Waals surface area contributed by atoms with Gasteiger partial charge in [0.1, 0.15) is 12.4 Å². The molecule has 3 aromatic rings. The molecule has 0 saturated carbocycles. The van der Waals surface area contributed by atoms with Crippen LogP contribution in [0, 0.1) is 0 Å². The number of benzene rings is 2. The van der Waals surface area contributed by atoms with Crippen molar-refractivity contribution in [2.45, 2.75) is 6.61 Å². The number of hydrogen-bond donors (Lipinski definition) is 2. The third kappa shape index (κ3) is 3.35. The molecule has 0 spiro atoms. The highest BCUT2D eigenvalue weighted by Gasteiger charge is 2.02. The van der Waals surface area contributed by atoms with Gasteiger partial charge >= 0.3 is 5.97 Å². The summed E-state index contributed by atoms with van der Waals surface area (Å²) in [5.41, 5.74) is 2.80. The molecule has 2 N–H and O–H groups in total. The van der Waals surface area contributed by atoms with Gasteiger partial charge in [0.25, 0.3) is 0 Å². The van der Waals surface area contributed by atoms with Gasteiger partial charge in [-0.1, -0.05) is 30.3 Å². The Morgan fingerprint density at radius 1 is 1.14 bits per heavy atom. The first-order valence-electron chi connectivity index (χ1n) is 6.91. The quantitative estimate of drug-likeness (QED) is 0.702. The standard InChI is InChI=1S/C18H15NO3/c20-18(21)9-6-15-10-14-11-16(7-8-17(14)19-15)22-12-13-4-2-1-3-5-13/h1-11,19H,12H2,(H,20,21)/b9-6+. The van der Waals surface area contributed by atoms with Crippen molar-refractivity contribution in [1.29, 1.82) is 0 Å². The van der Waals surface area contributed by atoms with Crippen LogP contribution in [-0.2, 0) is 11.4 Å². The van der Waals surface area contributed by atoms with Crippen molar-refractivity contribution in [1.82, 2.24) is 4.98 Å². The van der Waals surface area contributed by atoms with E-state index in [0.29, 0.717) is 6.61 Å². The van der Waals surface area contributed by atoms with Crippen molar-refractivity contribution in [3.8, 4) is 5.75 Å². The van der Waals surface area contributed by atoms with E-state index in [1.54, 1.807) is 0 Å². The van der Waals surface area contributed by atoms with Crippen molar-refractivity contribution in [3.05, 3.63) is 71.9 Å². The Balaban J connectivity index is 1.76. The van der Waals surface area contributed by atoms with Crippen LogP contribution in [0.5, 0.6) is 5.75 Å². The number of carbonyl (C=O) groups is 1. The Kier molecular flexibility index (Phi) is 3.92. The van der Waals surface area contributed by atoms with E-state index in [2.05, 4.69) is 4.98 Å². The minimum absolute atomic E-state index is 0.516.